The lowest BCUT2D eigenvalue weighted by Crippen LogP contribution is -2.44. The summed E-state index contributed by atoms with van der Waals surface area (Å²) in [6.45, 7) is -0.615. The number of alkyl halides is 2. The number of ether oxygens (including phenoxy) is 1. The monoisotopic (exact) mass is 648 g/mol. The van der Waals surface area contributed by atoms with Crippen LogP contribution in [0.1, 0.15) is 33.8 Å². The van der Waals surface area contributed by atoms with Crippen LogP contribution in [0.5, 0.6) is 5.75 Å². The molecule has 3 atom stereocenters. The number of likely N-dealkylation sites (tertiary alicyclic amines) is 1. The quantitative estimate of drug-likeness (QED) is 0.317. The second-order valence-corrected chi connectivity index (χ2v) is 11.8. The third-order valence-corrected chi connectivity index (χ3v) is 9.05. The summed E-state index contributed by atoms with van der Waals surface area (Å²) >= 11 is 6.43. The fraction of sp³-hybridized carbons (Fsp3) is 0.400. The number of nitrogens with zero attached hydrogens (tertiary/aromatic N) is 3. The van der Waals surface area contributed by atoms with Crippen LogP contribution in [-0.4, -0.2) is 71.0 Å². The number of benzene rings is 2. The number of carbonyl (C=O) groups excluding carboxylic acids is 3. The second kappa shape index (κ2) is 12.3. The molecular formula is C30H29ClF4N6O4. The van der Waals surface area contributed by atoms with Gasteiger partial charge >= 0.3 is 6.61 Å². The van der Waals surface area contributed by atoms with Gasteiger partial charge in [0.15, 0.2) is 17.4 Å². The first-order valence-corrected chi connectivity index (χ1v) is 14.8. The molecule has 2 saturated heterocycles. The van der Waals surface area contributed by atoms with Gasteiger partial charge in [0.1, 0.15) is 0 Å². The fourth-order valence-electron chi connectivity index (χ4n) is 6.17. The molecule has 3 amide bonds. The number of amides is 3. The van der Waals surface area contributed by atoms with Gasteiger partial charge in [0, 0.05) is 56.4 Å². The Balaban J connectivity index is 1.06. The maximum Gasteiger partial charge on any atom is 0.387 e. The number of hydrogen-bond donors (Lipinski definition) is 3. The molecule has 1 aliphatic carbocycles. The molecule has 6 rings (SSSR count). The van der Waals surface area contributed by atoms with Gasteiger partial charge in [-0.3, -0.25) is 14.4 Å². The Kier molecular flexibility index (Phi) is 8.44. The van der Waals surface area contributed by atoms with E-state index in [1.807, 2.05) is 0 Å². The number of piperidine rings is 2. The lowest BCUT2D eigenvalue weighted by molar-refractivity contribution is -0.126. The lowest BCUT2D eigenvalue weighted by Gasteiger charge is -2.31. The highest BCUT2D eigenvalue weighted by atomic mass is 35.5. The number of aromatic nitrogens is 2. The van der Waals surface area contributed by atoms with E-state index in [0.29, 0.717) is 37.8 Å². The molecule has 3 heterocycles. The zero-order valence-corrected chi connectivity index (χ0v) is 24.7. The molecule has 2 aliphatic heterocycles. The standard InChI is InChI=1S/C30H29ClF4N6O4/c1-40-21(17-4-5-22(45-30(34)35)24(33)23(17)32)13-37-26(40)28(43)38-15-2-3-16(20(31)10-15)29(44)41-8-6-14(7-9-41)27(42)39-25-18-11-36-12-19(18)25/h2-5,10,13-14,18-19,25,30,36H,6-9,11-12H2,1H3,(H,38,43)(H,39,42)/t18-,19?,25?/m1/s1. The van der Waals surface area contributed by atoms with E-state index in [2.05, 4.69) is 25.7 Å². The van der Waals surface area contributed by atoms with Crippen molar-refractivity contribution in [1.29, 1.82) is 0 Å². The molecule has 2 unspecified atom stereocenters. The first kappa shape index (κ1) is 30.8. The van der Waals surface area contributed by atoms with Crippen molar-refractivity contribution in [2.45, 2.75) is 25.5 Å². The summed E-state index contributed by atoms with van der Waals surface area (Å²) < 4.78 is 59.0. The molecule has 3 aliphatic rings. The molecule has 45 heavy (non-hydrogen) atoms. The Morgan fingerprint density at radius 3 is 2.44 bits per heavy atom. The van der Waals surface area contributed by atoms with Crippen LogP contribution < -0.4 is 20.7 Å². The van der Waals surface area contributed by atoms with E-state index >= 15 is 0 Å². The van der Waals surface area contributed by atoms with Crippen molar-refractivity contribution in [2.75, 3.05) is 31.5 Å². The molecule has 238 valence electrons. The van der Waals surface area contributed by atoms with Gasteiger partial charge in [-0.2, -0.15) is 13.2 Å². The van der Waals surface area contributed by atoms with E-state index in [0.717, 1.165) is 31.4 Å². The van der Waals surface area contributed by atoms with Crippen molar-refractivity contribution in [3.05, 3.63) is 64.6 Å². The topological polar surface area (TPSA) is 118 Å². The molecule has 15 heteroatoms. The molecule has 3 N–H and O–H groups in total. The average molecular weight is 649 g/mol. The minimum atomic E-state index is -3.33. The SMILES string of the molecule is Cn1c(-c2ccc(OC(F)F)c(F)c2F)cnc1C(=O)Nc1ccc(C(=O)N2CCC(C(=O)NC3C4CNC[C@H]43)CC2)c(Cl)c1. The van der Waals surface area contributed by atoms with E-state index < -0.39 is 29.9 Å². The van der Waals surface area contributed by atoms with Crippen LogP contribution in [0.3, 0.4) is 0 Å². The van der Waals surface area contributed by atoms with Crippen LogP contribution in [0.25, 0.3) is 11.3 Å². The van der Waals surface area contributed by atoms with E-state index in [1.165, 1.54) is 29.8 Å². The molecule has 1 aromatic heterocycles. The number of imidazole rings is 1. The lowest BCUT2D eigenvalue weighted by atomic mass is 9.95. The van der Waals surface area contributed by atoms with Gasteiger partial charge in [0.2, 0.25) is 11.7 Å². The van der Waals surface area contributed by atoms with Crippen molar-refractivity contribution in [2.24, 2.45) is 24.8 Å². The number of nitrogens with one attached hydrogen (secondary N) is 3. The Morgan fingerprint density at radius 1 is 1.07 bits per heavy atom. The molecule has 1 saturated carbocycles. The zero-order valence-electron chi connectivity index (χ0n) is 24.0. The maximum absolute atomic E-state index is 14.7. The highest BCUT2D eigenvalue weighted by Crippen LogP contribution is 2.42. The average Bonchev–Trinajstić information content (AvgIpc) is 3.31. The van der Waals surface area contributed by atoms with E-state index in [1.54, 1.807) is 4.90 Å². The Labute approximate surface area is 260 Å². The molecule has 0 spiro atoms. The van der Waals surface area contributed by atoms with Crippen molar-refractivity contribution in [3.63, 3.8) is 0 Å². The van der Waals surface area contributed by atoms with Crippen molar-refractivity contribution < 1.29 is 36.7 Å². The maximum atomic E-state index is 14.7. The van der Waals surface area contributed by atoms with Crippen LogP contribution in [0, 0.1) is 29.4 Å². The molecular weight excluding hydrogens is 620 g/mol. The molecule has 3 fully saturated rings. The zero-order chi connectivity index (χ0) is 32.0. The summed E-state index contributed by atoms with van der Waals surface area (Å²) in [6, 6.07) is 6.56. The molecule has 2 aromatic carbocycles. The van der Waals surface area contributed by atoms with Crippen LogP contribution in [0.2, 0.25) is 5.02 Å². The Hall–Kier alpha value is -4.17. The molecule has 0 radical (unpaired) electrons. The predicted molar refractivity (Wildman–Crippen MR) is 155 cm³/mol. The molecule has 0 bridgehead atoms. The first-order chi connectivity index (χ1) is 21.5. The fourth-order valence-corrected chi connectivity index (χ4v) is 6.43. The van der Waals surface area contributed by atoms with Crippen molar-refractivity contribution in [3.8, 4) is 17.0 Å². The van der Waals surface area contributed by atoms with E-state index in [-0.39, 0.29) is 57.1 Å². The smallest absolute Gasteiger partial charge is 0.387 e. The van der Waals surface area contributed by atoms with Gasteiger partial charge in [-0.05, 0) is 55.0 Å². The summed E-state index contributed by atoms with van der Waals surface area (Å²) in [5, 5.41) is 9.19. The van der Waals surface area contributed by atoms with E-state index in [4.69, 9.17) is 11.6 Å². The first-order valence-electron chi connectivity index (χ1n) is 14.4. The highest BCUT2D eigenvalue weighted by Gasteiger charge is 2.54. The van der Waals surface area contributed by atoms with Gasteiger partial charge < -0.3 is 30.2 Å². The normalized spacial score (nSPS) is 21.0. The second-order valence-electron chi connectivity index (χ2n) is 11.4. The van der Waals surface area contributed by atoms with Gasteiger partial charge in [0.05, 0.1) is 22.5 Å². The Morgan fingerprint density at radius 2 is 1.78 bits per heavy atom. The van der Waals surface area contributed by atoms with Crippen LogP contribution >= 0.6 is 11.6 Å². The molecule has 3 aromatic rings. The number of fused-ring (bicyclic) bond motifs is 1. The van der Waals surface area contributed by atoms with Crippen LogP contribution in [0.4, 0.5) is 23.2 Å². The highest BCUT2D eigenvalue weighted by molar-refractivity contribution is 6.34. The van der Waals surface area contributed by atoms with Crippen molar-refractivity contribution in [1.82, 2.24) is 25.1 Å². The van der Waals surface area contributed by atoms with Gasteiger partial charge in [-0.25, -0.2) is 9.37 Å². The summed E-state index contributed by atoms with van der Waals surface area (Å²) in [4.78, 5) is 44.6. The number of halogens is 5. The number of rotatable bonds is 8. The van der Waals surface area contributed by atoms with E-state index in [9.17, 15) is 31.9 Å². The summed E-state index contributed by atoms with van der Waals surface area (Å²) in [5.41, 5.74) is 0.188. The third-order valence-electron chi connectivity index (χ3n) is 8.74. The van der Waals surface area contributed by atoms with Gasteiger partial charge in [0.25, 0.3) is 11.8 Å². The summed E-state index contributed by atoms with van der Waals surface area (Å²) in [5.74, 6) is -4.18. The Bertz CT molecular complexity index is 1650. The number of carbonyl (C=O) groups is 3. The number of anilines is 1. The van der Waals surface area contributed by atoms with Gasteiger partial charge in [-0.1, -0.05) is 11.6 Å². The largest absolute Gasteiger partial charge is 0.432 e. The number of hydrogen-bond acceptors (Lipinski definition) is 6. The summed E-state index contributed by atoms with van der Waals surface area (Å²) in [6.07, 6.45) is 2.25. The predicted octanol–water partition coefficient (Wildman–Crippen LogP) is 4.06. The minimum Gasteiger partial charge on any atom is -0.432 e. The van der Waals surface area contributed by atoms with Crippen LogP contribution in [0.15, 0.2) is 36.5 Å². The van der Waals surface area contributed by atoms with Crippen LogP contribution in [-0.2, 0) is 11.8 Å². The summed E-state index contributed by atoms with van der Waals surface area (Å²) in [7, 11) is 1.40. The molecule has 10 nitrogen and oxygen atoms in total. The minimum absolute atomic E-state index is 0.00720. The third kappa shape index (κ3) is 6.08. The van der Waals surface area contributed by atoms with Gasteiger partial charge in [-0.15, -0.1) is 0 Å². The van der Waals surface area contributed by atoms with Crippen molar-refractivity contribution >= 4 is 35.0 Å².